The van der Waals surface area contributed by atoms with E-state index in [1.807, 2.05) is 62.5 Å². The number of rotatable bonds is 7. The quantitative estimate of drug-likeness (QED) is 0.613. The summed E-state index contributed by atoms with van der Waals surface area (Å²) in [6.45, 7) is 2.42. The van der Waals surface area contributed by atoms with Gasteiger partial charge >= 0.3 is 0 Å². The van der Waals surface area contributed by atoms with Crippen LogP contribution in [-0.2, 0) is 6.54 Å². The van der Waals surface area contributed by atoms with Crippen LogP contribution >= 0.6 is 11.3 Å². The number of hydrazine groups is 1. The Morgan fingerprint density at radius 2 is 1.82 bits per heavy atom. The van der Waals surface area contributed by atoms with Gasteiger partial charge in [-0.2, -0.15) is 0 Å². The van der Waals surface area contributed by atoms with Gasteiger partial charge in [0.15, 0.2) is 0 Å². The van der Waals surface area contributed by atoms with Crippen molar-refractivity contribution >= 4 is 17.2 Å². The zero-order valence-electron chi connectivity index (χ0n) is 16.4. The molecule has 1 N–H and O–H groups in total. The van der Waals surface area contributed by atoms with Crippen LogP contribution in [0.3, 0.4) is 0 Å². The fraction of sp³-hybridized carbons (Fsp3) is 0.238. The first-order valence-electron chi connectivity index (χ1n) is 8.77. The molecule has 0 aliphatic rings. The zero-order chi connectivity index (χ0) is 20.1. The standard InChI is InChI=1S/C21H23N3O3S/c1-14-19(28-21(22-14)17-7-5-6-8-18(17)27-4)20(25)23-24(2)13-15-9-11-16(26-3)12-10-15/h5-12H,13H2,1-4H3,(H,23,25). The summed E-state index contributed by atoms with van der Waals surface area (Å²) in [4.78, 5) is 17.9. The molecule has 1 heterocycles. The number of thiazole rings is 1. The lowest BCUT2D eigenvalue weighted by molar-refractivity contribution is 0.0823. The minimum absolute atomic E-state index is 0.174. The highest BCUT2D eigenvalue weighted by Gasteiger charge is 2.19. The summed E-state index contributed by atoms with van der Waals surface area (Å²) in [6, 6.07) is 15.4. The van der Waals surface area contributed by atoms with Gasteiger partial charge in [-0.15, -0.1) is 11.3 Å². The number of methoxy groups -OCH3 is 2. The smallest absolute Gasteiger partial charge is 0.277 e. The number of hydrogen-bond donors (Lipinski definition) is 1. The third kappa shape index (κ3) is 4.49. The third-order valence-corrected chi connectivity index (χ3v) is 5.40. The number of benzene rings is 2. The molecular formula is C21H23N3O3S. The first-order chi connectivity index (χ1) is 13.5. The van der Waals surface area contributed by atoms with E-state index in [0.717, 1.165) is 27.6 Å². The maximum Gasteiger partial charge on any atom is 0.277 e. The molecule has 0 fully saturated rings. The second kappa shape index (κ2) is 8.86. The number of carbonyl (C=O) groups is 1. The lowest BCUT2D eigenvalue weighted by Crippen LogP contribution is -2.38. The molecule has 0 aliphatic carbocycles. The van der Waals surface area contributed by atoms with Crippen molar-refractivity contribution in [2.75, 3.05) is 21.3 Å². The van der Waals surface area contributed by atoms with Crippen LogP contribution in [0.1, 0.15) is 20.9 Å². The fourth-order valence-electron chi connectivity index (χ4n) is 2.81. The van der Waals surface area contributed by atoms with Crippen LogP contribution in [0.5, 0.6) is 11.5 Å². The lowest BCUT2D eigenvalue weighted by Gasteiger charge is -2.18. The first kappa shape index (κ1) is 19.9. The maximum atomic E-state index is 12.7. The van der Waals surface area contributed by atoms with Gasteiger partial charge in [0, 0.05) is 13.6 Å². The number of aromatic nitrogens is 1. The Labute approximate surface area is 168 Å². The molecule has 28 heavy (non-hydrogen) atoms. The van der Waals surface area contributed by atoms with E-state index in [-0.39, 0.29) is 5.91 Å². The predicted molar refractivity (Wildman–Crippen MR) is 111 cm³/mol. The molecule has 1 aromatic heterocycles. The highest BCUT2D eigenvalue weighted by molar-refractivity contribution is 7.17. The molecule has 0 radical (unpaired) electrons. The topological polar surface area (TPSA) is 63.7 Å². The molecule has 1 amide bonds. The summed E-state index contributed by atoms with van der Waals surface area (Å²) in [7, 11) is 5.10. The van der Waals surface area contributed by atoms with E-state index < -0.39 is 0 Å². The van der Waals surface area contributed by atoms with Crippen LogP contribution in [-0.4, -0.2) is 37.2 Å². The van der Waals surface area contributed by atoms with Crippen molar-refractivity contribution in [3.05, 3.63) is 64.7 Å². The Bertz CT molecular complexity index is 954. The summed E-state index contributed by atoms with van der Waals surface area (Å²) in [5, 5.41) is 2.52. The Hall–Kier alpha value is -2.90. The van der Waals surface area contributed by atoms with Crippen molar-refractivity contribution in [2.45, 2.75) is 13.5 Å². The molecule has 0 unspecified atom stereocenters. The second-order valence-electron chi connectivity index (χ2n) is 6.28. The SMILES string of the molecule is COc1ccc(CN(C)NC(=O)c2sc(-c3ccccc3OC)nc2C)cc1. The second-order valence-corrected chi connectivity index (χ2v) is 7.28. The number of nitrogens with zero attached hydrogens (tertiary/aromatic N) is 2. The van der Waals surface area contributed by atoms with E-state index >= 15 is 0 Å². The number of hydrogen-bond acceptors (Lipinski definition) is 6. The average Bonchev–Trinajstić information content (AvgIpc) is 3.10. The summed E-state index contributed by atoms with van der Waals surface area (Å²) < 4.78 is 10.6. The number of carbonyl (C=O) groups excluding carboxylic acids is 1. The molecule has 0 saturated heterocycles. The number of aryl methyl sites for hydroxylation is 1. The third-order valence-electron chi connectivity index (χ3n) is 4.21. The molecule has 6 nitrogen and oxygen atoms in total. The van der Waals surface area contributed by atoms with E-state index in [1.54, 1.807) is 19.2 Å². The van der Waals surface area contributed by atoms with Gasteiger partial charge in [0.2, 0.25) is 0 Å². The van der Waals surface area contributed by atoms with Gasteiger partial charge in [0.25, 0.3) is 5.91 Å². The van der Waals surface area contributed by atoms with Crippen molar-refractivity contribution in [1.82, 2.24) is 15.4 Å². The fourth-order valence-corrected chi connectivity index (χ4v) is 3.80. The van der Waals surface area contributed by atoms with E-state index in [2.05, 4.69) is 10.4 Å². The zero-order valence-corrected chi connectivity index (χ0v) is 17.2. The van der Waals surface area contributed by atoms with Gasteiger partial charge in [-0.25, -0.2) is 9.99 Å². The van der Waals surface area contributed by atoms with Crippen LogP contribution < -0.4 is 14.9 Å². The molecule has 7 heteroatoms. The minimum atomic E-state index is -0.174. The normalized spacial score (nSPS) is 10.8. The number of amides is 1. The van der Waals surface area contributed by atoms with Crippen LogP contribution in [0.2, 0.25) is 0 Å². The van der Waals surface area contributed by atoms with E-state index in [9.17, 15) is 4.79 Å². The van der Waals surface area contributed by atoms with E-state index in [1.165, 1.54) is 11.3 Å². The number of para-hydroxylation sites is 1. The van der Waals surface area contributed by atoms with Crippen LogP contribution in [0, 0.1) is 6.92 Å². The molecular weight excluding hydrogens is 374 g/mol. The molecule has 3 rings (SSSR count). The summed E-state index contributed by atoms with van der Waals surface area (Å²) in [6.07, 6.45) is 0. The van der Waals surface area contributed by atoms with Crippen molar-refractivity contribution in [3.8, 4) is 22.1 Å². The van der Waals surface area contributed by atoms with Gasteiger partial charge in [-0.1, -0.05) is 24.3 Å². The van der Waals surface area contributed by atoms with Gasteiger partial charge in [0.05, 0.1) is 25.5 Å². The van der Waals surface area contributed by atoms with Crippen molar-refractivity contribution < 1.29 is 14.3 Å². The highest BCUT2D eigenvalue weighted by Crippen LogP contribution is 2.34. The Balaban J connectivity index is 1.71. The molecule has 0 spiro atoms. The van der Waals surface area contributed by atoms with E-state index in [0.29, 0.717) is 17.1 Å². The van der Waals surface area contributed by atoms with Crippen molar-refractivity contribution in [2.24, 2.45) is 0 Å². The van der Waals surface area contributed by atoms with Gasteiger partial charge in [-0.3, -0.25) is 10.2 Å². The minimum Gasteiger partial charge on any atom is -0.497 e. The summed E-state index contributed by atoms with van der Waals surface area (Å²) >= 11 is 1.36. The molecule has 0 aliphatic heterocycles. The average molecular weight is 398 g/mol. The molecule has 0 bridgehead atoms. The summed E-state index contributed by atoms with van der Waals surface area (Å²) in [5.41, 5.74) is 5.55. The van der Waals surface area contributed by atoms with Gasteiger partial charge < -0.3 is 9.47 Å². The Morgan fingerprint density at radius 3 is 2.50 bits per heavy atom. The van der Waals surface area contributed by atoms with Crippen LogP contribution in [0.15, 0.2) is 48.5 Å². The monoisotopic (exact) mass is 397 g/mol. The van der Waals surface area contributed by atoms with E-state index in [4.69, 9.17) is 9.47 Å². The maximum absolute atomic E-state index is 12.7. The predicted octanol–water partition coefficient (Wildman–Crippen LogP) is 3.91. The molecule has 3 aromatic rings. The van der Waals surface area contributed by atoms with Crippen molar-refractivity contribution in [3.63, 3.8) is 0 Å². The lowest BCUT2D eigenvalue weighted by atomic mass is 10.2. The molecule has 2 aromatic carbocycles. The van der Waals surface area contributed by atoms with Gasteiger partial charge in [-0.05, 0) is 36.8 Å². The van der Waals surface area contributed by atoms with Crippen LogP contribution in [0.25, 0.3) is 10.6 Å². The largest absolute Gasteiger partial charge is 0.497 e. The summed E-state index contributed by atoms with van der Waals surface area (Å²) in [5.74, 6) is 1.37. The Kier molecular flexibility index (Phi) is 6.28. The van der Waals surface area contributed by atoms with Gasteiger partial charge in [0.1, 0.15) is 21.4 Å². The van der Waals surface area contributed by atoms with Crippen molar-refractivity contribution in [1.29, 1.82) is 0 Å². The highest BCUT2D eigenvalue weighted by atomic mass is 32.1. The Morgan fingerprint density at radius 1 is 1.11 bits per heavy atom. The first-order valence-corrected chi connectivity index (χ1v) is 9.59. The molecule has 0 atom stereocenters. The molecule has 0 saturated carbocycles. The number of ether oxygens (including phenoxy) is 2. The van der Waals surface area contributed by atoms with Crippen LogP contribution in [0.4, 0.5) is 0 Å². The number of nitrogens with one attached hydrogen (secondary N) is 1. The molecule has 146 valence electrons.